The normalized spacial score (nSPS) is 17.0. The Morgan fingerprint density at radius 3 is 1.67 bits per heavy atom. The number of carboxylic acids is 3. The van der Waals surface area contributed by atoms with Gasteiger partial charge in [0.25, 0.3) is 0 Å². The topological polar surface area (TPSA) is 149 Å². The van der Waals surface area contributed by atoms with Crippen LogP contribution in [0.25, 0.3) is 0 Å². The third-order valence-electron chi connectivity index (χ3n) is 5.33. The number of halogens is 9. The van der Waals surface area contributed by atoms with Gasteiger partial charge < -0.3 is 20.2 Å². The molecule has 3 rings (SSSR count). The van der Waals surface area contributed by atoms with Crippen LogP contribution in [-0.2, 0) is 34.4 Å². The van der Waals surface area contributed by atoms with E-state index in [0.29, 0.717) is 12.1 Å². The molecule has 0 aromatic carbocycles. The van der Waals surface area contributed by atoms with E-state index >= 15 is 0 Å². The van der Waals surface area contributed by atoms with Crippen molar-refractivity contribution in [3.05, 3.63) is 48.0 Å². The molecule has 2 aromatic heterocycles. The van der Waals surface area contributed by atoms with E-state index < -0.39 is 36.4 Å². The number of likely N-dealkylation sites (tertiary alicyclic amines) is 1. The maximum atomic E-state index is 10.6. The second-order valence-corrected chi connectivity index (χ2v) is 8.85. The molecule has 2 aromatic rings. The summed E-state index contributed by atoms with van der Waals surface area (Å²) in [4.78, 5) is 35.9. The Labute approximate surface area is 238 Å². The van der Waals surface area contributed by atoms with E-state index in [1.165, 1.54) is 17.5 Å². The Hall–Kier alpha value is -3.94. The molecule has 1 fully saturated rings. The van der Waals surface area contributed by atoms with Crippen molar-refractivity contribution in [1.29, 1.82) is 0 Å². The number of hydrogen-bond acceptors (Lipinski definition) is 7. The van der Waals surface area contributed by atoms with Gasteiger partial charge in [0.1, 0.15) is 0 Å². The maximum absolute atomic E-state index is 10.6. The number of aromatic nitrogens is 3. The monoisotopic (exact) mass is 641 g/mol. The summed E-state index contributed by atoms with van der Waals surface area (Å²) >= 11 is 0. The first-order valence-electron chi connectivity index (χ1n) is 11.6. The lowest BCUT2D eigenvalue weighted by atomic mass is 10.0. The summed E-state index contributed by atoms with van der Waals surface area (Å²) in [5, 5.41) is 25.7. The van der Waals surface area contributed by atoms with Crippen molar-refractivity contribution < 1.29 is 69.2 Å². The number of likely N-dealkylation sites (N-methyl/N-ethyl adjacent to an activating group) is 1. The van der Waals surface area contributed by atoms with Crippen LogP contribution in [0.3, 0.4) is 0 Å². The molecule has 20 heteroatoms. The molecule has 1 aliphatic rings. The van der Waals surface area contributed by atoms with Crippen LogP contribution in [0, 0.1) is 0 Å². The van der Waals surface area contributed by atoms with Gasteiger partial charge in [0.05, 0.1) is 6.20 Å². The minimum Gasteiger partial charge on any atom is -0.475 e. The third kappa shape index (κ3) is 15.7. The second kappa shape index (κ2) is 16.6. The fourth-order valence-electron chi connectivity index (χ4n) is 3.51. The summed E-state index contributed by atoms with van der Waals surface area (Å²) in [6.45, 7) is 2.12. The first-order chi connectivity index (χ1) is 19.5. The lowest BCUT2D eigenvalue weighted by Gasteiger charge is -2.31. The highest BCUT2D eigenvalue weighted by atomic mass is 19.4. The number of hydrogen-bond donors (Lipinski definition) is 3. The molecule has 2 atom stereocenters. The predicted octanol–water partition coefficient (Wildman–Crippen LogP) is 3.46. The molecule has 0 bridgehead atoms. The number of aliphatic carboxylic acids is 3. The van der Waals surface area contributed by atoms with Gasteiger partial charge in [-0.25, -0.2) is 14.4 Å². The van der Waals surface area contributed by atoms with Crippen molar-refractivity contribution in [3.8, 4) is 0 Å². The molecule has 1 saturated heterocycles. The molecule has 0 radical (unpaired) electrons. The minimum absolute atomic E-state index is 0.527. The Morgan fingerprint density at radius 2 is 1.35 bits per heavy atom. The first kappa shape index (κ1) is 39.1. The van der Waals surface area contributed by atoms with E-state index in [1.54, 1.807) is 0 Å². The average molecular weight is 641 g/mol. The number of aryl methyl sites for hydroxylation is 1. The summed E-state index contributed by atoms with van der Waals surface area (Å²) in [6, 6.07) is 5.30. The highest BCUT2D eigenvalue weighted by molar-refractivity contribution is 5.73. The van der Waals surface area contributed by atoms with Crippen LogP contribution < -0.4 is 0 Å². The second-order valence-electron chi connectivity index (χ2n) is 8.85. The van der Waals surface area contributed by atoms with Crippen LogP contribution in [0.1, 0.15) is 17.5 Å². The van der Waals surface area contributed by atoms with E-state index in [4.69, 9.17) is 29.7 Å². The number of carbonyl (C=O) groups is 3. The van der Waals surface area contributed by atoms with Gasteiger partial charge in [-0.1, -0.05) is 6.07 Å². The largest absolute Gasteiger partial charge is 0.490 e. The van der Waals surface area contributed by atoms with E-state index in [2.05, 4.69) is 46.2 Å². The highest BCUT2D eigenvalue weighted by Gasteiger charge is 2.39. The highest BCUT2D eigenvalue weighted by Crippen LogP contribution is 2.26. The summed E-state index contributed by atoms with van der Waals surface area (Å²) in [5.41, 5.74) is 2.61. The Morgan fingerprint density at radius 1 is 0.884 bits per heavy atom. The quantitative estimate of drug-likeness (QED) is 0.415. The molecule has 0 unspecified atom stereocenters. The molecule has 244 valence electrons. The minimum atomic E-state index is -5.08. The van der Waals surface area contributed by atoms with E-state index in [0.717, 1.165) is 19.5 Å². The molecular weight excluding hydrogens is 613 g/mol. The van der Waals surface area contributed by atoms with Crippen molar-refractivity contribution in [1.82, 2.24) is 24.6 Å². The summed E-state index contributed by atoms with van der Waals surface area (Å²) in [5.74, 6) is -8.27. The zero-order chi connectivity index (χ0) is 33.8. The zero-order valence-electron chi connectivity index (χ0n) is 22.7. The lowest BCUT2D eigenvalue weighted by molar-refractivity contribution is -0.193. The van der Waals surface area contributed by atoms with Crippen molar-refractivity contribution in [3.63, 3.8) is 0 Å². The standard InChI is InChI=1S/C17H25N5.3C2HF3O2/c1-20(2)16-6-8-22(13-14-5-4-7-18-10-14)17(16)9-15-11-19-21(3)12-15;3*3-2(4,5)1(6)7/h4-5,7,10-12,16-17H,6,8-9,13H2,1-3H3;3*(H,6,7)/t16-,17+;;;/m1.../s1. The van der Waals surface area contributed by atoms with Crippen molar-refractivity contribution >= 4 is 17.9 Å². The smallest absolute Gasteiger partial charge is 0.475 e. The van der Waals surface area contributed by atoms with E-state index in [1.807, 2.05) is 36.4 Å². The summed E-state index contributed by atoms with van der Waals surface area (Å²) in [7, 11) is 6.36. The van der Waals surface area contributed by atoms with Crippen molar-refractivity contribution in [2.24, 2.45) is 7.05 Å². The van der Waals surface area contributed by atoms with Crippen LogP contribution in [0.5, 0.6) is 0 Å². The zero-order valence-corrected chi connectivity index (χ0v) is 22.7. The summed E-state index contributed by atoms with van der Waals surface area (Å²) in [6.07, 6.45) is -5.04. The molecule has 0 saturated carbocycles. The van der Waals surface area contributed by atoms with Gasteiger partial charge >= 0.3 is 36.4 Å². The van der Waals surface area contributed by atoms with Crippen molar-refractivity contribution in [2.75, 3.05) is 20.6 Å². The number of rotatable bonds is 5. The fourth-order valence-corrected chi connectivity index (χ4v) is 3.51. The van der Waals surface area contributed by atoms with Gasteiger partial charge in [0.15, 0.2) is 0 Å². The third-order valence-corrected chi connectivity index (χ3v) is 5.33. The Kier molecular flexibility index (Phi) is 15.1. The maximum Gasteiger partial charge on any atom is 0.490 e. The van der Waals surface area contributed by atoms with Gasteiger partial charge in [-0.15, -0.1) is 0 Å². The van der Waals surface area contributed by atoms with Crippen molar-refractivity contribution in [2.45, 2.75) is 50.0 Å². The summed E-state index contributed by atoms with van der Waals surface area (Å²) < 4.78 is 97.1. The Balaban J connectivity index is 0.000000690. The van der Waals surface area contributed by atoms with Gasteiger partial charge in [0, 0.05) is 50.8 Å². The molecule has 1 aliphatic heterocycles. The molecule has 11 nitrogen and oxygen atoms in total. The van der Waals surface area contributed by atoms with Crippen LogP contribution in [0.2, 0.25) is 0 Å². The van der Waals surface area contributed by atoms with E-state index in [9.17, 15) is 39.5 Å². The van der Waals surface area contributed by atoms with Crippen LogP contribution in [0.15, 0.2) is 36.9 Å². The molecule has 3 N–H and O–H groups in total. The average Bonchev–Trinajstić information content (AvgIpc) is 3.45. The molecule has 3 heterocycles. The number of nitrogens with zero attached hydrogens (tertiary/aromatic N) is 5. The molecule has 43 heavy (non-hydrogen) atoms. The first-order valence-corrected chi connectivity index (χ1v) is 11.6. The molecule has 0 amide bonds. The number of alkyl halides is 9. The Bertz CT molecular complexity index is 1100. The van der Waals surface area contributed by atoms with Crippen LogP contribution in [0.4, 0.5) is 39.5 Å². The predicted molar refractivity (Wildman–Crippen MR) is 129 cm³/mol. The van der Waals surface area contributed by atoms with Crippen LogP contribution >= 0.6 is 0 Å². The van der Waals surface area contributed by atoms with Gasteiger partial charge in [-0.3, -0.25) is 14.6 Å². The molecular formula is C23H28F9N5O6. The fraction of sp³-hybridized carbons (Fsp3) is 0.522. The number of pyridine rings is 1. The van der Waals surface area contributed by atoms with E-state index in [-0.39, 0.29) is 0 Å². The van der Waals surface area contributed by atoms with Crippen LogP contribution in [-0.4, -0.2) is 109 Å². The lowest BCUT2D eigenvalue weighted by Crippen LogP contribution is -2.43. The molecule has 0 aliphatic carbocycles. The number of carboxylic acid groups (broad SMARTS) is 3. The molecule has 0 spiro atoms. The van der Waals surface area contributed by atoms with Gasteiger partial charge in [0.2, 0.25) is 0 Å². The van der Waals surface area contributed by atoms with Gasteiger partial charge in [-0.2, -0.15) is 44.6 Å². The SMILES string of the molecule is CN(C)[C@@H]1CCN(Cc2cccnc2)[C@H]1Cc1cnn(C)c1.O=C(O)C(F)(F)F.O=C(O)C(F)(F)F.O=C(O)C(F)(F)F. The van der Waals surface area contributed by atoms with Gasteiger partial charge in [-0.05, 0) is 44.1 Å².